The molecule has 126 valence electrons. The zero-order valence-electron chi connectivity index (χ0n) is 12.9. The van der Waals surface area contributed by atoms with Crippen LogP contribution in [0.5, 0.6) is 5.75 Å². The Hall–Kier alpha value is -2.87. The third-order valence-electron chi connectivity index (χ3n) is 3.06. The van der Waals surface area contributed by atoms with Gasteiger partial charge in [0.1, 0.15) is 5.75 Å². The summed E-state index contributed by atoms with van der Waals surface area (Å²) in [6.45, 7) is -0.354. The Kier molecular flexibility index (Phi) is 5.20. The monoisotopic (exact) mass is 348 g/mol. The Morgan fingerprint density at radius 1 is 1.12 bits per heavy atom. The van der Waals surface area contributed by atoms with E-state index in [2.05, 4.69) is 5.32 Å². The van der Waals surface area contributed by atoms with Gasteiger partial charge in [-0.05, 0) is 30.3 Å². The molecule has 8 heteroatoms. The minimum absolute atomic E-state index is 0.0975. The summed E-state index contributed by atoms with van der Waals surface area (Å²) in [5.41, 5.74) is 5.72. The highest BCUT2D eigenvalue weighted by molar-refractivity contribution is 7.90. The number of carbonyl (C=O) groups excluding carboxylic acids is 2. The molecule has 24 heavy (non-hydrogen) atoms. The van der Waals surface area contributed by atoms with Gasteiger partial charge in [0.05, 0.1) is 10.5 Å². The van der Waals surface area contributed by atoms with E-state index in [1.165, 1.54) is 30.3 Å². The van der Waals surface area contributed by atoms with Gasteiger partial charge in [0.2, 0.25) is 0 Å². The SMILES string of the molecule is CS(=O)(=O)c1cccc(NC(=O)COc2ccccc2C(N)=O)c1. The van der Waals surface area contributed by atoms with Crippen LogP contribution < -0.4 is 15.8 Å². The fourth-order valence-corrected chi connectivity index (χ4v) is 2.61. The molecule has 0 heterocycles. The number of nitrogens with two attached hydrogens (primary N) is 1. The molecule has 2 aromatic rings. The lowest BCUT2D eigenvalue weighted by molar-refractivity contribution is -0.118. The predicted octanol–water partition coefficient (Wildman–Crippen LogP) is 1.21. The van der Waals surface area contributed by atoms with Gasteiger partial charge in [-0.3, -0.25) is 9.59 Å². The average molecular weight is 348 g/mol. The second-order valence-electron chi connectivity index (χ2n) is 5.00. The van der Waals surface area contributed by atoms with Crippen LogP contribution in [-0.4, -0.2) is 33.1 Å². The molecule has 0 saturated heterocycles. The highest BCUT2D eigenvalue weighted by Crippen LogP contribution is 2.18. The van der Waals surface area contributed by atoms with Gasteiger partial charge in [0.15, 0.2) is 16.4 Å². The van der Waals surface area contributed by atoms with Crippen LogP contribution in [0.3, 0.4) is 0 Å². The van der Waals surface area contributed by atoms with Gasteiger partial charge in [0, 0.05) is 11.9 Å². The van der Waals surface area contributed by atoms with Crippen molar-refractivity contribution in [3.8, 4) is 5.75 Å². The molecule has 0 unspecified atom stereocenters. The van der Waals surface area contributed by atoms with Crippen LogP contribution in [0.2, 0.25) is 0 Å². The molecule has 0 aliphatic carbocycles. The maximum absolute atomic E-state index is 11.9. The van der Waals surface area contributed by atoms with E-state index >= 15 is 0 Å². The lowest BCUT2D eigenvalue weighted by Gasteiger charge is -2.10. The van der Waals surface area contributed by atoms with Crippen molar-refractivity contribution in [1.29, 1.82) is 0 Å². The van der Waals surface area contributed by atoms with E-state index in [9.17, 15) is 18.0 Å². The number of primary amides is 1. The molecule has 0 aliphatic rings. The molecule has 0 aliphatic heterocycles. The van der Waals surface area contributed by atoms with Crippen LogP contribution in [-0.2, 0) is 14.6 Å². The quantitative estimate of drug-likeness (QED) is 0.814. The summed E-state index contributed by atoms with van der Waals surface area (Å²) in [6.07, 6.45) is 1.08. The molecule has 7 nitrogen and oxygen atoms in total. The fraction of sp³-hybridized carbons (Fsp3) is 0.125. The molecular weight excluding hydrogens is 332 g/mol. The molecule has 0 spiro atoms. The molecule has 2 amide bonds. The molecule has 2 rings (SSSR count). The van der Waals surface area contributed by atoms with E-state index in [1.807, 2.05) is 0 Å². The van der Waals surface area contributed by atoms with E-state index in [4.69, 9.17) is 10.5 Å². The number of benzene rings is 2. The van der Waals surface area contributed by atoms with Crippen molar-refractivity contribution in [3.63, 3.8) is 0 Å². The first kappa shape index (κ1) is 17.5. The van der Waals surface area contributed by atoms with Gasteiger partial charge in [0.25, 0.3) is 11.8 Å². The predicted molar refractivity (Wildman–Crippen MR) is 88.6 cm³/mol. The number of ether oxygens (including phenoxy) is 1. The summed E-state index contributed by atoms with van der Waals surface area (Å²) in [4.78, 5) is 23.3. The Morgan fingerprint density at radius 3 is 2.50 bits per heavy atom. The first-order chi connectivity index (χ1) is 11.3. The zero-order chi connectivity index (χ0) is 17.7. The van der Waals surface area contributed by atoms with Crippen molar-refractivity contribution in [2.75, 3.05) is 18.2 Å². The number of sulfone groups is 1. The van der Waals surface area contributed by atoms with Gasteiger partial charge >= 0.3 is 0 Å². The van der Waals surface area contributed by atoms with Crippen LogP contribution >= 0.6 is 0 Å². The van der Waals surface area contributed by atoms with Gasteiger partial charge in [-0.2, -0.15) is 0 Å². The van der Waals surface area contributed by atoms with E-state index < -0.39 is 21.7 Å². The summed E-state index contributed by atoms with van der Waals surface area (Å²) < 4.78 is 28.3. The molecule has 2 aromatic carbocycles. The lowest BCUT2D eigenvalue weighted by atomic mass is 10.2. The molecular formula is C16H16N2O5S. The Bertz CT molecular complexity index is 878. The molecule has 0 bridgehead atoms. The number of hydrogen-bond donors (Lipinski definition) is 2. The molecule has 0 aromatic heterocycles. The molecule has 0 saturated carbocycles. The summed E-state index contributed by atoms with van der Waals surface area (Å²) in [7, 11) is -3.37. The molecule has 0 fully saturated rings. The number of amides is 2. The summed E-state index contributed by atoms with van der Waals surface area (Å²) in [6, 6.07) is 12.2. The van der Waals surface area contributed by atoms with Crippen LogP contribution in [0.4, 0.5) is 5.69 Å². The Labute approximate surface area is 139 Å². The van der Waals surface area contributed by atoms with Crippen LogP contribution in [0.1, 0.15) is 10.4 Å². The van der Waals surface area contributed by atoms with Crippen LogP contribution in [0, 0.1) is 0 Å². The number of nitrogens with one attached hydrogen (secondary N) is 1. The first-order valence-electron chi connectivity index (χ1n) is 6.89. The number of hydrogen-bond acceptors (Lipinski definition) is 5. The van der Waals surface area contributed by atoms with Crippen molar-refractivity contribution in [1.82, 2.24) is 0 Å². The van der Waals surface area contributed by atoms with Crippen molar-refractivity contribution >= 4 is 27.3 Å². The highest BCUT2D eigenvalue weighted by atomic mass is 32.2. The summed E-state index contributed by atoms with van der Waals surface area (Å²) in [5, 5.41) is 2.53. The number of rotatable bonds is 6. The topological polar surface area (TPSA) is 116 Å². The maximum Gasteiger partial charge on any atom is 0.262 e. The van der Waals surface area contributed by atoms with Gasteiger partial charge < -0.3 is 15.8 Å². The van der Waals surface area contributed by atoms with Crippen LogP contribution in [0.15, 0.2) is 53.4 Å². The smallest absolute Gasteiger partial charge is 0.262 e. The number of carbonyl (C=O) groups is 2. The van der Waals surface area contributed by atoms with E-state index in [0.717, 1.165) is 6.26 Å². The Balaban J connectivity index is 2.04. The maximum atomic E-state index is 11.9. The molecule has 3 N–H and O–H groups in total. The number of anilines is 1. The fourth-order valence-electron chi connectivity index (χ4n) is 1.94. The molecule has 0 atom stereocenters. The third kappa shape index (κ3) is 4.56. The normalized spacial score (nSPS) is 10.9. The van der Waals surface area contributed by atoms with Crippen molar-refractivity contribution in [3.05, 3.63) is 54.1 Å². The van der Waals surface area contributed by atoms with Gasteiger partial charge in [-0.25, -0.2) is 8.42 Å². The van der Waals surface area contributed by atoms with Crippen molar-refractivity contribution in [2.24, 2.45) is 5.73 Å². The van der Waals surface area contributed by atoms with E-state index in [0.29, 0.717) is 5.69 Å². The average Bonchev–Trinajstić information content (AvgIpc) is 2.52. The zero-order valence-corrected chi connectivity index (χ0v) is 13.7. The minimum atomic E-state index is -3.37. The Morgan fingerprint density at radius 2 is 1.83 bits per heavy atom. The number of para-hydroxylation sites is 1. The van der Waals surface area contributed by atoms with E-state index in [-0.39, 0.29) is 22.8 Å². The van der Waals surface area contributed by atoms with E-state index in [1.54, 1.807) is 18.2 Å². The largest absolute Gasteiger partial charge is 0.483 e. The first-order valence-corrected chi connectivity index (χ1v) is 8.78. The van der Waals surface area contributed by atoms with Gasteiger partial charge in [-0.1, -0.05) is 18.2 Å². The molecule has 0 radical (unpaired) electrons. The van der Waals surface area contributed by atoms with Crippen LogP contribution in [0.25, 0.3) is 0 Å². The summed E-state index contributed by atoms with van der Waals surface area (Å²) >= 11 is 0. The standard InChI is InChI=1S/C16H16N2O5S/c1-24(21,22)12-6-4-5-11(9-12)18-15(19)10-23-14-8-3-2-7-13(14)16(17)20/h2-9H,10H2,1H3,(H2,17,20)(H,18,19). The lowest BCUT2D eigenvalue weighted by Crippen LogP contribution is -2.21. The van der Waals surface area contributed by atoms with Gasteiger partial charge in [-0.15, -0.1) is 0 Å². The minimum Gasteiger partial charge on any atom is -0.483 e. The highest BCUT2D eigenvalue weighted by Gasteiger charge is 2.12. The second kappa shape index (κ2) is 7.14. The summed E-state index contributed by atoms with van der Waals surface area (Å²) in [5.74, 6) is -0.961. The van der Waals surface area contributed by atoms with Crippen molar-refractivity contribution in [2.45, 2.75) is 4.90 Å². The third-order valence-corrected chi connectivity index (χ3v) is 4.17. The van der Waals surface area contributed by atoms with Crippen molar-refractivity contribution < 1.29 is 22.7 Å². The second-order valence-corrected chi connectivity index (χ2v) is 7.01.